The van der Waals surface area contributed by atoms with Crippen molar-refractivity contribution in [2.75, 3.05) is 59.9 Å². The van der Waals surface area contributed by atoms with Crippen LogP contribution >= 0.6 is 0 Å². The van der Waals surface area contributed by atoms with E-state index in [0.717, 1.165) is 51.5 Å². The molecular weight excluding hydrogens is 316 g/mol. The van der Waals surface area contributed by atoms with Crippen molar-refractivity contribution >= 4 is 11.9 Å². The van der Waals surface area contributed by atoms with Crippen LogP contribution in [0.4, 0.5) is 0 Å². The van der Waals surface area contributed by atoms with Gasteiger partial charge in [-0.25, -0.2) is 0 Å². The van der Waals surface area contributed by atoms with Gasteiger partial charge in [0.05, 0.1) is 6.54 Å². The molecule has 0 aromatic carbocycles. The van der Waals surface area contributed by atoms with Crippen LogP contribution < -0.4 is 16.0 Å². The molecule has 2 fully saturated rings. The molecule has 0 saturated carbocycles. The van der Waals surface area contributed by atoms with E-state index in [-0.39, 0.29) is 5.91 Å². The lowest BCUT2D eigenvalue weighted by atomic mass is 9.99. The molecule has 25 heavy (non-hydrogen) atoms. The van der Waals surface area contributed by atoms with E-state index < -0.39 is 0 Å². The summed E-state index contributed by atoms with van der Waals surface area (Å²) in [4.78, 5) is 20.9. The van der Waals surface area contributed by atoms with Gasteiger partial charge in [0.2, 0.25) is 5.91 Å². The quantitative estimate of drug-likeness (QED) is 0.467. The van der Waals surface area contributed by atoms with E-state index in [0.29, 0.717) is 18.5 Å². The van der Waals surface area contributed by atoms with Crippen molar-refractivity contribution in [3.63, 3.8) is 0 Å². The average molecular weight is 353 g/mol. The van der Waals surface area contributed by atoms with Gasteiger partial charge in [-0.3, -0.25) is 14.7 Å². The van der Waals surface area contributed by atoms with Crippen LogP contribution in [-0.2, 0) is 4.79 Å². The minimum Gasteiger partial charge on any atom is -0.358 e. The summed E-state index contributed by atoms with van der Waals surface area (Å²) < 4.78 is 0. The highest BCUT2D eigenvalue weighted by atomic mass is 16.1. The van der Waals surface area contributed by atoms with Crippen LogP contribution in [0.3, 0.4) is 0 Å². The topological polar surface area (TPSA) is 72.0 Å². The first-order valence-electron chi connectivity index (χ1n) is 9.77. The van der Waals surface area contributed by atoms with Gasteiger partial charge in [-0.05, 0) is 52.1 Å². The SMILES string of the molecule is CCNC(=NCC1CCCN(C)C1)NC1CCN(CC(=O)NC)CC1. The molecule has 0 aromatic rings. The van der Waals surface area contributed by atoms with Gasteiger partial charge < -0.3 is 20.9 Å². The van der Waals surface area contributed by atoms with Gasteiger partial charge in [0.1, 0.15) is 0 Å². The molecule has 0 aliphatic carbocycles. The van der Waals surface area contributed by atoms with Gasteiger partial charge in [-0.15, -0.1) is 0 Å². The highest BCUT2D eigenvalue weighted by Gasteiger charge is 2.22. The fourth-order valence-corrected chi connectivity index (χ4v) is 3.67. The summed E-state index contributed by atoms with van der Waals surface area (Å²) in [6.07, 6.45) is 4.66. The Balaban J connectivity index is 1.77. The summed E-state index contributed by atoms with van der Waals surface area (Å²) in [5.74, 6) is 1.71. The fourth-order valence-electron chi connectivity index (χ4n) is 3.67. The van der Waals surface area contributed by atoms with Crippen molar-refractivity contribution in [2.24, 2.45) is 10.9 Å². The second-order valence-electron chi connectivity index (χ2n) is 7.36. The van der Waals surface area contributed by atoms with E-state index in [9.17, 15) is 4.79 Å². The number of guanidine groups is 1. The third kappa shape index (κ3) is 7.20. The Hall–Kier alpha value is -1.34. The number of piperidine rings is 2. The summed E-state index contributed by atoms with van der Waals surface area (Å²) in [7, 11) is 3.89. The first-order valence-corrected chi connectivity index (χ1v) is 9.77. The summed E-state index contributed by atoms with van der Waals surface area (Å²) in [5, 5.41) is 9.67. The second-order valence-corrected chi connectivity index (χ2v) is 7.36. The minimum absolute atomic E-state index is 0.0961. The smallest absolute Gasteiger partial charge is 0.233 e. The number of amides is 1. The molecule has 2 heterocycles. The monoisotopic (exact) mass is 352 g/mol. The minimum atomic E-state index is 0.0961. The standard InChI is InChI=1S/C18H36N6O/c1-4-20-18(21-12-15-6-5-9-23(3)13-15)22-16-7-10-24(11-8-16)14-17(25)19-2/h15-16H,4-14H2,1-3H3,(H,19,25)(H2,20,21,22). The molecule has 2 rings (SSSR count). The Morgan fingerprint density at radius 1 is 1.20 bits per heavy atom. The second kappa shape index (κ2) is 10.6. The first kappa shape index (κ1) is 20.0. The molecule has 1 atom stereocenters. The van der Waals surface area contributed by atoms with Crippen molar-refractivity contribution in [3.05, 3.63) is 0 Å². The summed E-state index contributed by atoms with van der Waals surface area (Å²) >= 11 is 0. The average Bonchev–Trinajstić information content (AvgIpc) is 2.61. The maximum absolute atomic E-state index is 11.5. The number of nitrogens with one attached hydrogen (secondary N) is 3. The number of nitrogens with zero attached hydrogens (tertiary/aromatic N) is 3. The van der Waals surface area contributed by atoms with E-state index in [1.807, 2.05) is 0 Å². The number of hydrogen-bond donors (Lipinski definition) is 3. The molecule has 7 nitrogen and oxygen atoms in total. The highest BCUT2D eigenvalue weighted by molar-refractivity contribution is 5.80. The van der Waals surface area contributed by atoms with Gasteiger partial charge in [0, 0.05) is 45.8 Å². The van der Waals surface area contributed by atoms with Crippen LogP contribution in [0.5, 0.6) is 0 Å². The van der Waals surface area contributed by atoms with Crippen molar-refractivity contribution in [3.8, 4) is 0 Å². The summed E-state index contributed by atoms with van der Waals surface area (Å²) in [6.45, 7) is 8.68. The molecule has 144 valence electrons. The maximum atomic E-state index is 11.5. The van der Waals surface area contributed by atoms with Crippen molar-refractivity contribution in [2.45, 2.75) is 38.6 Å². The molecule has 1 unspecified atom stereocenters. The van der Waals surface area contributed by atoms with E-state index in [1.165, 1.54) is 19.4 Å². The van der Waals surface area contributed by atoms with Crippen molar-refractivity contribution in [1.82, 2.24) is 25.8 Å². The van der Waals surface area contributed by atoms with Crippen LogP contribution in [0.25, 0.3) is 0 Å². The Labute approximate surface area is 152 Å². The number of likely N-dealkylation sites (N-methyl/N-ethyl adjacent to an activating group) is 1. The molecule has 0 radical (unpaired) electrons. The van der Waals surface area contributed by atoms with Crippen LogP contribution in [0.2, 0.25) is 0 Å². The number of carbonyl (C=O) groups excluding carboxylic acids is 1. The van der Waals surface area contributed by atoms with Gasteiger partial charge in [0.15, 0.2) is 5.96 Å². The Morgan fingerprint density at radius 3 is 2.60 bits per heavy atom. The molecule has 2 aliphatic rings. The normalized spacial score (nSPS) is 24.1. The zero-order valence-corrected chi connectivity index (χ0v) is 16.2. The van der Waals surface area contributed by atoms with Gasteiger partial charge >= 0.3 is 0 Å². The highest BCUT2D eigenvalue weighted by Crippen LogP contribution is 2.15. The number of carbonyl (C=O) groups is 1. The third-order valence-electron chi connectivity index (χ3n) is 5.15. The Morgan fingerprint density at radius 2 is 1.96 bits per heavy atom. The lowest BCUT2D eigenvalue weighted by Gasteiger charge is -2.33. The van der Waals surface area contributed by atoms with Crippen LogP contribution in [0, 0.1) is 5.92 Å². The van der Waals surface area contributed by atoms with Gasteiger partial charge in [0.25, 0.3) is 0 Å². The Kier molecular flexibility index (Phi) is 8.48. The predicted molar refractivity (Wildman–Crippen MR) is 103 cm³/mol. The summed E-state index contributed by atoms with van der Waals surface area (Å²) in [5.41, 5.74) is 0. The van der Waals surface area contributed by atoms with Crippen molar-refractivity contribution in [1.29, 1.82) is 0 Å². The zero-order valence-electron chi connectivity index (χ0n) is 16.2. The molecule has 2 saturated heterocycles. The molecule has 1 amide bonds. The van der Waals surface area contributed by atoms with Crippen LogP contribution in [0.15, 0.2) is 4.99 Å². The van der Waals surface area contributed by atoms with Gasteiger partial charge in [-0.1, -0.05) is 0 Å². The lowest BCUT2D eigenvalue weighted by Crippen LogP contribution is -2.50. The van der Waals surface area contributed by atoms with Gasteiger partial charge in [-0.2, -0.15) is 0 Å². The van der Waals surface area contributed by atoms with E-state index in [1.54, 1.807) is 7.05 Å². The predicted octanol–water partition coefficient (Wildman–Crippen LogP) is 0.0937. The molecular formula is C18H36N6O. The number of hydrogen-bond acceptors (Lipinski definition) is 4. The molecule has 2 aliphatic heterocycles. The largest absolute Gasteiger partial charge is 0.358 e. The third-order valence-corrected chi connectivity index (χ3v) is 5.15. The molecule has 3 N–H and O–H groups in total. The van der Waals surface area contributed by atoms with E-state index in [4.69, 9.17) is 4.99 Å². The maximum Gasteiger partial charge on any atom is 0.233 e. The van der Waals surface area contributed by atoms with Crippen LogP contribution in [-0.4, -0.2) is 87.6 Å². The number of aliphatic imine (C=N–C) groups is 1. The molecule has 7 heteroatoms. The zero-order chi connectivity index (χ0) is 18.1. The first-order chi connectivity index (χ1) is 12.1. The van der Waals surface area contributed by atoms with Crippen molar-refractivity contribution < 1.29 is 4.79 Å². The van der Waals surface area contributed by atoms with Crippen LogP contribution in [0.1, 0.15) is 32.6 Å². The summed E-state index contributed by atoms with van der Waals surface area (Å²) in [6, 6.07) is 0.438. The lowest BCUT2D eigenvalue weighted by molar-refractivity contribution is -0.122. The van der Waals surface area contributed by atoms with E-state index in [2.05, 4.69) is 39.7 Å². The number of likely N-dealkylation sites (tertiary alicyclic amines) is 2. The molecule has 0 spiro atoms. The van der Waals surface area contributed by atoms with E-state index >= 15 is 0 Å². The molecule has 0 aromatic heterocycles. The Bertz CT molecular complexity index is 433. The fraction of sp³-hybridized carbons (Fsp3) is 0.889. The number of rotatable bonds is 6. The molecule has 0 bridgehead atoms.